The topological polar surface area (TPSA) is 54.1 Å². The smallest absolute Gasteiger partial charge is 0.103 e. The summed E-state index contributed by atoms with van der Waals surface area (Å²) in [6.45, 7) is 7.11. The fourth-order valence-corrected chi connectivity index (χ4v) is 2.62. The van der Waals surface area contributed by atoms with Gasteiger partial charge in [0, 0.05) is 31.2 Å². The van der Waals surface area contributed by atoms with Crippen molar-refractivity contribution in [3.63, 3.8) is 0 Å². The number of anilines is 1. The van der Waals surface area contributed by atoms with Gasteiger partial charge in [-0.05, 0) is 32.0 Å². The van der Waals surface area contributed by atoms with Crippen molar-refractivity contribution in [2.24, 2.45) is 0 Å². The predicted octanol–water partition coefficient (Wildman–Crippen LogP) is 2.64. The summed E-state index contributed by atoms with van der Waals surface area (Å²) in [4.78, 5) is 4.35. The van der Waals surface area contributed by atoms with Gasteiger partial charge in [-0.1, -0.05) is 11.6 Å². The Labute approximate surface area is 124 Å². The van der Waals surface area contributed by atoms with Gasteiger partial charge in [-0.2, -0.15) is 10.5 Å². The number of hydrogen-bond donors (Lipinski definition) is 0. The van der Waals surface area contributed by atoms with Gasteiger partial charge >= 0.3 is 0 Å². The Morgan fingerprint density at radius 1 is 1.15 bits per heavy atom. The first kappa shape index (κ1) is 14.7. The minimum Gasteiger partial charge on any atom is -0.368 e. The van der Waals surface area contributed by atoms with Gasteiger partial charge in [-0.25, -0.2) is 0 Å². The number of hydrogen-bond acceptors (Lipinski definition) is 4. The van der Waals surface area contributed by atoms with Crippen LogP contribution in [0.3, 0.4) is 0 Å². The predicted molar refractivity (Wildman–Crippen MR) is 79.6 cm³/mol. The lowest BCUT2D eigenvalue weighted by Gasteiger charge is -2.41. The highest BCUT2D eigenvalue weighted by Gasteiger charge is 2.30. The number of rotatable bonds is 2. The highest BCUT2D eigenvalue weighted by atomic mass is 35.5. The van der Waals surface area contributed by atoms with Crippen LogP contribution >= 0.6 is 11.6 Å². The maximum atomic E-state index is 9.20. The average Bonchev–Trinajstić information content (AvgIpc) is 2.47. The van der Waals surface area contributed by atoms with E-state index in [4.69, 9.17) is 11.6 Å². The summed E-state index contributed by atoms with van der Waals surface area (Å²) < 4.78 is 0. The Morgan fingerprint density at radius 2 is 1.80 bits per heavy atom. The molecule has 0 atom stereocenters. The molecule has 1 aromatic rings. The van der Waals surface area contributed by atoms with Crippen molar-refractivity contribution < 1.29 is 0 Å². The molecule has 20 heavy (non-hydrogen) atoms. The van der Waals surface area contributed by atoms with Crippen LogP contribution in [0.2, 0.25) is 5.02 Å². The number of piperazine rings is 1. The fourth-order valence-electron chi connectivity index (χ4n) is 2.45. The molecule has 0 unspecified atom stereocenters. The maximum absolute atomic E-state index is 9.20. The molecule has 4 nitrogen and oxygen atoms in total. The van der Waals surface area contributed by atoms with E-state index in [1.54, 1.807) is 6.07 Å². The molecule has 0 spiro atoms. The van der Waals surface area contributed by atoms with E-state index in [1.807, 2.05) is 26.0 Å². The molecule has 0 N–H and O–H groups in total. The van der Waals surface area contributed by atoms with Gasteiger partial charge in [0.2, 0.25) is 0 Å². The van der Waals surface area contributed by atoms with Gasteiger partial charge < -0.3 is 4.90 Å². The molecule has 0 amide bonds. The monoisotopic (exact) mass is 288 g/mol. The van der Waals surface area contributed by atoms with Crippen LogP contribution in [-0.4, -0.2) is 36.6 Å². The molecular formula is C15H17ClN4. The first-order valence-electron chi connectivity index (χ1n) is 6.59. The number of nitrogens with zero attached hydrogens (tertiary/aromatic N) is 4. The molecule has 2 rings (SSSR count). The lowest BCUT2D eigenvalue weighted by atomic mass is 10.0. The second kappa shape index (κ2) is 5.71. The van der Waals surface area contributed by atoms with Crippen molar-refractivity contribution in [3.8, 4) is 12.1 Å². The molecule has 1 fully saturated rings. The molecule has 1 heterocycles. The van der Waals surface area contributed by atoms with E-state index < -0.39 is 5.54 Å². The second-order valence-corrected chi connectivity index (χ2v) is 5.85. The standard InChI is InChI=1S/C15H17ClN4/c1-15(2,11-18)20-7-5-19(6-8-20)14-4-3-13(16)9-12(14)10-17/h3-4,9H,5-8H2,1-2H3. The zero-order valence-corrected chi connectivity index (χ0v) is 12.5. The lowest BCUT2D eigenvalue weighted by molar-refractivity contribution is 0.158. The average molecular weight is 289 g/mol. The molecular weight excluding hydrogens is 272 g/mol. The van der Waals surface area contributed by atoms with E-state index >= 15 is 0 Å². The summed E-state index contributed by atoms with van der Waals surface area (Å²) in [6.07, 6.45) is 0. The zero-order valence-electron chi connectivity index (χ0n) is 11.7. The molecule has 0 saturated carbocycles. The molecule has 104 valence electrons. The molecule has 1 aromatic carbocycles. The third-order valence-corrected chi connectivity index (χ3v) is 4.00. The largest absolute Gasteiger partial charge is 0.368 e. The van der Waals surface area contributed by atoms with E-state index in [0.717, 1.165) is 31.9 Å². The van der Waals surface area contributed by atoms with Crippen molar-refractivity contribution in [1.82, 2.24) is 4.90 Å². The molecule has 0 aromatic heterocycles. The molecule has 1 saturated heterocycles. The minimum absolute atomic E-state index is 0.440. The van der Waals surface area contributed by atoms with Gasteiger partial charge in [0.05, 0.1) is 17.3 Å². The van der Waals surface area contributed by atoms with Crippen molar-refractivity contribution in [3.05, 3.63) is 28.8 Å². The summed E-state index contributed by atoms with van der Waals surface area (Å²) in [5.41, 5.74) is 1.08. The third-order valence-electron chi connectivity index (χ3n) is 3.76. The summed E-state index contributed by atoms with van der Waals surface area (Å²) in [5.74, 6) is 0. The van der Waals surface area contributed by atoms with Gasteiger partial charge in [0.15, 0.2) is 0 Å². The third kappa shape index (κ3) is 2.88. The van der Waals surface area contributed by atoms with Crippen LogP contribution in [0.4, 0.5) is 5.69 Å². The van der Waals surface area contributed by atoms with Crippen LogP contribution in [0.5, 0.6) is 0 Å². The number of benzene rings is 1. The van der Waals surface area contributed by atoms with E-state index in [9.17, 15) is 10.5 Å². The molecule has 5 heteroatoms. The van der Waals surface area contributed by atoms with Gasteiger partial charge in [-0.3, -0.25) is 4.90 Å². The fraction of sp³-hybridized carbons (Fsp3) is 0.467. The number of halogens is 1. The van der Waals surface area contributed by atoms with Crippen molar-refractivity contribution in [1.29, 1.82) is 10.5 Å². The SMILES string of the molecule is CC(C)(C#N)N1CCN(c2ccc(Cl)cc2C#N)CC1. The van der Waals surface area contributed by atoms with Gasteiger partial charge in [0.1, 0.15) is 11.6 Å². The molecule has 1 aliphatic rings. The summed E-state index contributed by atoms with van der Waals surface area (Å²) in [5, 5.41) is 19.0. The Balaban J connectivity index is 2.13. The van der Waals surface area contributed by atoms with E-state index in [2.05, 4.69) is 21.9 Å². The highest BCUT2D eigenvalue weighted by Crippen LogP contribution is 2.26. The Hall–Kier alpha value is -1.75. The maximum Gasteiger partial charge on any atom is 0.103 e. The van der Waals surface area contributed by atoms with Gasteiger partial charge in [0.25, 0.3) is 0 Å². The Kier molecular flexibility index (Phi) is 4.18. The number of nitriles is 2. The zero-order chi connectivity index (χ0) is 14.8. The van der Waals surface area contributed by atoms with Crippen LogP contribution in [0.1, 0.15) is 19.4 Å². The van der Waals surface area contributed by atoms with Crippen molar-refractivity contribution in [2.45, 2.75) is 19.4 Å². The van der Waals surface area contributed by atoms with Crippen molar-refractivity contribution >= 4 is 17.3 Å². The summed E-state index contributed by atoms with van der Waals surface area (Å²) in [7, 11) is 0. The second-order valence-electron chi connectivity index (χ2n) is 5.42. The highest BCUT2D eigenvalue weighted by molar-refractivity contribution is 6.30. The lowest BCUT2D eigenvalue weighted by Crippen LogP contribution is -2.54. The molecule has 0 bridgehead atoms. The van der Waals surface area contributed by atoms with Crippen LogP contribution in [0.25, 0.3) is 0 Å². The van der Waals surface area contributed by atoms with E-state index in [0.29, 0.717) is 10.6 Å². The van der Waals surface area contributed by atoms with Crippen LogP contribution < -0.4 is 4.90 Å². The Bertz CT molecular complexity index is 575. The summed E-state index contributed by atoms with van der Waals surface area (Å²) >= 11 is 5.92. The normalized spacial score (nSPS) is 16.6. The quantitative estimate of drug-likeness (QED) is 0.839. The molecule has 0 radical (unpaired) electrons. The molecule has 1 aliphatic heterocycles. The van der Waals surface area contributed by atoms with E-state index in [-0.39, 0.29) is 0 Å². The molecule has 0 aliphatic carbocycles. The summed E-state index contributed by atoms with van der Waals surface area (Å²) in [6, 6.07) is 9.93. The Morgan fingerprint density at radius 3 is 2.35 bits per heavy atom. The first-order chi connectivity index (χ1) is 9.47. The van der Waals surface area contributed by atoms with Crippen LogP contribution in [-0.2, 0) is 0 Å². The van der Waals surface area contributed by atoms with Crippen LogP contribution in [0.15, 0.2) is 18.2 Å². The first-order valence-corrected chi connectivity index (χ1v) is 6.96. The minimum atomic E-state index is -0.440. The van der Waals surface area contributed by atoms with Crippen molar-refractivity contribution in [2.75, 3.05) is 31.1 Å². The van der Waals surface area contributed by atoms with Crippen LogP contribution in [0, 0.1) is 22.7 Å². The van der Waals surface area contributed by atoms with E-state index in [1.165, 1.54) is 0 Å². The van der Waals surface area contributed by atoms with Gasteiger partial charge in [-0.15, -0.1) is 0 Å².